The van der Waals surface area contributed by atoms with Crippen molar-refractivity contribution in [2.75, 3.05) is 0 Å². The Labute approximate surface area is 222 Å². The normalized spacial score (nSPS) is 13.5. The molecule has 0 aliphatic rings. The summed E-state index contributed by atoms with van der Waals surface area (Å²) in [5, 5.41) is 5.80. The van der Waals surface area contributed by atoms with Crippen molar-refractivity contribution in [3.63, 3.8) is 0 Å². The molecule has 0 spiro atoms. The van der Waals surface area contributed by atoms with Crippen LogP contribution in [0.5, 0.6) is 0 Å². The highest BCUT2D eigenvalue weighted by molar-refractivity contribution is 7.19. The molecule has 0 radical (unpaired) electrons. The van der Waals surface area contributed by atoms with E-state index in [9.17, 15) is 0 Å². The van der Waals surface area contributed by atoms with Crippen molar-refractivity contribution >= 4 is 43.8 Å². The van der Waals surface area contributed by atoms with Gasteiger partial charge in [-0.1, -0.05) is 60.7 Å². The number of aryl methyl sites for hydroxylation is 3. The van der Waals surface area contributed by atoms with Crippen molar-refractivity contribution < 1.29 is 4.42 Å². The molecule has 188 valence electrons. The summed E-state index contributed by atoms with van der Waals surface area (Å²) in [6, 6.07) is 23.0. The number of nitrogens with two attached hydrogens (primary N) is 1. The van der Waals surface area contributed by atoms with Crippen LogP contribution < -0.4 is 11.1 Å². The number of thiophene rings is 1. The SMILES string of the molecule is C/C=C(/c1ccccc1CN=C(C)NC(N)c1cccc2sc(C)c(C)c12)c1c(C)oc2ccccc12. The van der Waals surface area contributed by atoms with Gasteiger partial charge in [0.1, 0.15) is 17.5 Å². The van der Waals surface area contributed by atoms with E-state index in [-0.39, 0.29) is 6.17 Å². The molecule has 1 atom stereocenters. The standard InChI is InChI=1S/C32H33N3OS/c1-6-24(31-20(3)36-28-16-10-9-14-26(28)31)25-13-8-7-12-23(25)18-34-22(5)35-32(33)27-15-11-17-29-30(27)19(2)21(4)37-29/h6-17,32H,18,33H2,1-5H3,(H,34,35)/b24-6-. The van der Waals surface area contributed by atoms with E-state index in [0.29, 0.717) is 6.54 Å². The fourth-order valence-corrected chi connectivity index (χ4v) is 6.23. The molecule has 0 bridgehead atoms. The Morgan fingerprint density at radius 1 is 1.03 bits per heavy atom. The van der Waals surface area contributed by atoms with Gasteiger partial charge < -0.3 is 15.5 Å². The van der Waals surface area contributed by atoms with Gasteiger partial charge in [-0.3, -0.25) is 4.99 Å². The van der Waals surface area contributed by atoms with Gasteiger partial charge in [-0.15, -0.1) is 11.3 Å². The van der Waals surface area contributed by atoms with E-state index in [0.717, 1.165) is 50.4 Å². The average Bonchev–Trinajstić information content (AvgIpc) is 3.38. The Kier molecular flexibility index (Phi) is 7.00. The van der Waals surface area contributed by atoms with E-state index in [1.54, 1.807) is 0 Å². The number of nitrogens with one attached hydrogen (secondary N) is 1. The first-order valence-corrected chi connectivity index (χ1v) is 13.5. The summed E-state index contributed by atoms with van der Waals surface area (Å²) in [5.41, 5.74) is 14.6. The van der Waals surface area contributed by atoms with Gasteiger partial charge in [-0.2, -0.15) is 0 Å². The summed E-state index contributed by atoms with van der Waals surface area (Å²) in [7, 11) is 0. The maximum atomic E-state index is 6.64. The summed E-state index contributed by atoms with van der Waals surface area (Å²) >= 11 is 1.82. The second kappa shape index (κ2) is 10.4. The third-order valence-corrected chi connectivity index (χ3v) is 8.22. The molecule has 2 aromatic heterocycles. The van der Waals surface area contributed by atoms with Gasteiger partial charge in [0.2, 0.25) is 0 Å². The highest BCUT2D eigenvalue weighted by Gasteiger charge is 2.18. The summed E-state index contributed by atoms with van der Waals surface area (Å²) in [6.07, 6.45) is 1.83. The first-order valence-electron chi connectivity index (χ1n) is 12.6. The first kappa shape index (κ1) is 25.0. The number of hydrogen-bond acceptors (Lipinski definition) is 4. The lowest BCUT2D eigenvalue weighted by Crippen LogP contribution is -2.32. The number of fused-ring (bicyclic) bond motifs is 2. The van der Waals surface area contributed by atoms with Crippen molar-refractivity contribution in [1.29, 1.82) is 0 Å². The number of hydrogen-bond donors (Lipinski definition) is 2. The lowest BCUT2D eigenvalue weighted by molar-refractivity contribution is 0.577. The van der Waals surface area contributed by atoms with Crippen LogP contribution in [0, 0.1) is 20.8 Å². The van der Waals surface area contributed by atoms with E-state index in [1.165, 1.54) is 20.5 Å². The zero-order valence-corrected chi connectivity index (χ0v) is 22.9. The van der Waals surface area contributed by atoms with Gasteiger partial charge in [-0.25, -0.2) is 0 Å². The molecule has 5 rings (SSSR count). The minimum absolute atomic E-state index is 0.332. The number of amidine groups is 1. The second-order valence-corrected chi connectivity index (χ2v) is 10.7. The largest absolute Gasteiger partial charge is 0.461 e. The van der Waals surface area contributed by atoms with Crippen LogP contribution in [0.3, 0.4) is 0 Å². The van der Waals surface area contributed by atoms with Gasteiger partial charge in [0.15, 0.2) is 0 Å². The van der Waals surface area contributed by atoms with Crippen LogP contribution in [0.4, 0.5) is 0 Å². The van der Waals surface area contributed by atoms with Gasteiger partial charge in [0.05, 0.1) is 12.4 Å². The van der Waals surface area contributed by atoms with Gasteiger partial charge >= 0.3 is 0 Å². The molecule has 3 aromatic carbocycles. The Bertz CT molecular complexity index is 1650. The summed E-state index contributed by atoms with van der Waals surface area (Å²) in [6.45, 7) is 11.0. The minimum Gasteiger partial charge on any atom is -0.461 e. The van der Waals surface area contributed by atoms with Crippen molar-refractivity contribution in [2.45, 2.75) is 47.3 Å². The Morgan fingerprint density at radius 3 is 2.59 bits per heavy atom. The molecule has 37 heavy (non-hydrogen) atoms. The molecular weight excluding hydrogens is 474 g/mol. The van der Waals surface area contributed by atoms with E-state index in [2.05, 4.69) is 86.8 Å². The summed E-state index contributed by atoms with van der Waals surface area (Å²) < 4.78 is 7.35. The third kappa shape index (κ3) is 4.73. The second-order valence-electron chi connectivity index (χ2n) is 9.42. The Morgan fingerprint density at radius 2 is 1.78 bits per heavy atom. The van der Waals surface area contributed by atoms with E-state index in [4.69, 9.17) is 15.1 Å². The van der Waals surface area contributed by atoms with Crippen LogP contribution in [-0.4, -0.2) is 5.84 Å². The highest BCUT2D eigenvalue weighted by atomic mass is 32.1. The topological polar surface area (TPSA) is 63.5 Å². The number of allylic oxidation sites excluding steroid dienone is 1. The molecular formula is C32H33N3OS. The molecule has 0 aliphatic carbocycles. The zero-order chi connectivity index (χ0) is 26.1. The molecule has 0 fully saturated rings. The van der Waals surface area contributed by atoms with Crippen LogP contribution in [0.25, 0.3) is 26.6 Å². The molecule has 3 N–H and O–H groups in total. The smallest absolute Gasteiger partial charge is 0.134 e. The van der Waals surface area contributed by atoms with Gasteiger partial charge in [-0.05, 0) is 74.6 Å². The van der Waals surface area contributed by atoms with E-state index < -0.39 is 0 Å². The first-order chi connectivity index (χ1) is 17.9. The number of para-hydroxylation sites is 1. The zero-order valence-electron chi connectivity index (χ0n) is 22.1. The summed E-state index contributed by atoms with van der Waals surface area (Å²) in [4.78, 5) is 6.22. The number of rotatable bonds is 6. The molecule has 1 unspecified atom stereocenters. The van der Waals surface area contributed by atoms with Crippen LogP contribution >= 0.6 is 11.3 Å². The van der Waals surface area contributed by atoms with Gasteiger partial charge in [0.25, 0.3) is 0 Å². The van der Waals surface area contributed by atoms with Crippen LogP contribution in [0.1, 0.15) is 58.5 Å². The number of nitrogens with zero attached hydrogens (tertiary/aromatic N) is 1. The summed E-state index contributed by atoms with van der Waals surface area (Å²) in [5.74, 6) is 1.74. The van der Waals surface area contributed by atoms with Crippen LogP contribution in [-0.2, 0) is 6.54 Å². The highest BCUT2D eigenvalue weighted by Crippen LogP contribution is 2.36. The molecule has 4 nitrogen and oxygen atoms in total. The predicted molar refractivity (Wildman–Crippen MR) is 158 cm³/mol. The maximum Gasteiger partial charge on any atom is 0.134 e. The average molecular weight is 508 g/mol. The Hall–Kier alpha value is -3.67. The quantitative estimate of drug-likeness (QED) is 0.138. The van der Waals surface area contributed by atoms with Gasteiger partial charge in [0, 0.05) is 25.9 Å². The fourth-order valence-electron chi connectivity index (χ4n) is 5.12. The van der Waals surface area contributed by atoms with Crippen LogP contribution in [0.2, 0.25) is 0 Å². The van der Waals surface area contributed by atoms with Crippen molar-refractivity contribution in [3.05, 3.63) is 111 Å². The van der Waals surface area contributed by atoms with E-state index >= 15 is 0 Å². The number of furan rings is 1. The lowest BCUT2D eigenvalue weighted by atomic mass is 9.92. The molecule has 5 heteroatoms. The van der Waals surface area contributed by atoms with Crippen molar-refractivity contribution in [2.24, 2.45) is 10.7 Å². The lowest BCUT2D eigenvalue weighted by Gasteiger charge is -2.17. The molecule has 2 heterocycles. The molecule has 5 aromatic rings. The maximum absolute atomic E-state index is 6.64. The van der Waals surface area contributed by atoms with Crippen molar-refractivity contribution in [1.82, 2.24) is 5.32 Å². The number of benzene rings is 3. The minimum atomic E-state index is -0.332. The molecule has 0 saturated heterocycles. The fraction of sp³-hybridized carbons (Fsp3) is 0.219. The predicted octanol–water partition coefficient (Wildman–Crippen LogP) is 8.19. The van der Waals surface area contributed by atoms with Crippen LogP contribution in [0.15, 0.2) is 82.2 Å². The molecule has 0 amide bonds. The molecule has 0 saturated carbocycles. The molecule has 0 aliphatic heterocycles. The van der Waals surface area contributed by atoms with E-state index in [1.807, 2.05) is 37.3 Å². The van der Waals surface area contributed by atoms with Crippen molar-refractivity contribution in [3.8, 4) is 0 Å². The Balaban J connectivity index is 1.42. The number of aliphatic imine (C=N–C) groups is 1. The third-order valence-electron chi connectivity index (χ3n) is 7.05. The monoisotopic (exact) mass is 507 g/mol.